The van der Waals surface area contributed by atoms with Crippen molar-refractivity contribution in [1.82, 2.24) is 15.8 Å². The summed E-state index contributed by atoms with van der Waals surface area (Å²) in [5, 5.41) is 0. The third-order valence-electron chi connectivity index (χ3n) is 6.41. The van der Waals surface area contributed by atoms with Crippen LogP contribution in [0.15, 0.2) is 42.5 Å². The molecule has 174 valence electrons. The first-order valence-electron chi connectivity index (χ1n) is 11.8. The van der Waals surface area contributed by atoms with Gasteiger partial charge in [-0.1, -0.05) is 43.2 Å². The first-order chi connectivity index (χ1) is 16.1. The molecular formula is C26H31N3O3S. The maximum atomic E-state index is 12.6. The molecule has 0 bridgehead atoms. The lowest BCUT2D eigenvalue weighted by molar-refractivity contribution is -0.132. The van der Waals surface area contributed by atoms with Gasteiger partial charge >= 0.3 is 0 Å². The highest BCUT2D eigenvalue weighted by molar-refractivity contribution is 7.14. The van der Waals surface area contributed by atoms with Crippen LogP contribution >= 0.6 is 11.3 Å². The molecule has 2 heterocycles. The fourth-order valence-electron chi connectivity index (χ4n) is 4.44. The summed E-state index contributed by atoms with van der Waals surface area (Å²) in [7, 11) is 0. The predicted molar refractivity (Wildman–Crippen MR) is 131 cm³/mol. The van der Waals surface area contributed by atoms with Gasteiger partial charge in [-0.3, -0.25) is 25.2 Å². The maximum absolute atomic E-state index is 12.6. The van der Waals surface area contributed by atoms with E-state index in [-0.39, 0.29) is 23.6 Å². The standard InChI is InChI=1S/C26H31N3O3S/c30-24(13-12-19-8-4-3-5-9-19)29-16-14-20(15-17-29)25(31)27-28-26(32)23-18-21-10-6-1-2-7-11-22(21)33-23/h3-5,8-9,12-13,18,20H,1-2,6-7,10-11,14-17H2,(H,27,31)(H,28,32)/b13-12+. The van der Waals surface area contributed by atoms with Crippen molar-refractivity contribution in [3.8, 4) is 0 Å². The zero-order valence-electron chi connectivity index (χ0n) is 18.8. The molecule has 0 saturated carbocycles. The van der Waals surface area contributed by atoms with Crippen molar-refractivity contribution in [3.63, 3.8) is 0 Å². The number of rotatable bonds is 4. The van der Waals surface area contributed by atoms with Crippen molar-refractivity contribution in [2.75, 3.05) is 13.1 Å². The topological polar surface area (TPSA) is 78.5 Å². The van der Waals surface area contributed by atoms with Gasteiger partial charge in [-0.15, -0.1) is 11.3 Å². The lowest BCUT2D eigenvalue weighted by atomic mass is 9.96. The molecule has 2 aliphatic rings. The normalized spacial score (nSPS) is 17.2. The summed E-state index contributed by atoms with van der Waals surface area (Å²) in [6.45, 7) is 1.06. The molecule has 7 heteroatoms. The van der Waals surface area contributed by atoms with Crippen molar-refractivity contribution in [3.05, 3.63) is 63.4 Å². The van der Waals surface area contributed by atoms with Gasteiger partial charge in [0, 0.05) is 30.0 Å². The fraction of sp³-hybridized carbons (Fsp3) is 0.423. The Morgan fingerprint density at radius 1 is 0.939 bits per heavy atom. The molecule has 1 aliphatic heterocycles. The molecule has 0 unspecified atom stereocenters. The molecule has 2 aromatic rings. The van der Waals surface area contributed by atoms with Gasteiger partial charge in [0.25, 0.3) is 5.91 Å². The van der Waals surface area contributed by atoms with Crippen LogP contribution in [0.25, 0.3) is 6.08 Å². The van der Waals surface area contributed by atoms with Crippen LogP contribution in [0.3, 0.4) is 0 Å². The number of fused-ring (bicyclic) bond motifs is 1. The zero-order valence-corrected chi connectivity index (χ0v) is 19.7. The summed E-state index contributed by atoms with van der Waals surface area (Å²) in [6, 6.07) is 11.7. The third kappa shape index (κ3) is 6.32. The second-order valence-electron chi connectivity index (χ2n) is 8.76. The molecule has 4 rings (SSSR count). The van der Waals surface area contributed by atoms with Crippen molar-refractivity contribution in [2.24, 2.45) is 5.92 Å². The first kappa shape index (κ1) is 23.2. The lowest BCUT2D eigenvalue weighted by Crippen LogP contribution is -2.47. The Labute approximate surface area is 199 Å². The smallest absolute Gasteiger partial charge is 0.279 e. The van der Waals surface area contributed by atoms with Gasteiger partial charge in [-0.2, -0.15) is 0 Å². The van der Waals surface area contributed by atoms with Gasteiger partial charge < -0.3 is 4.90 Å². The summed E-state index contributed by atoms with van der Waals surface area (Å²) in [5.74, 6) is -0.695. The first-order valence-corrected chi connectivity index (χ1v) is 12.7. The molecule has 1 aromatic heterocycles. The third-order valence-corrected chi connectivity index (χ3v) is 7.65. The van der Waals surface area contributed by atoms with E-state index in [0.29, 0.717) is 30.8 Å². The van der Waals surface area contributed by atoms with E-state index in [9.17, 15) is 14.4 Å². The molecule has 2 N–H and O–H groups in total. The Bertz CT molecular complexity index is 982. The number of hydrogen-bond donors (Lipinski definition) is 2. The van der Waals surface area contributed by atoms with Crippen LogP contribution in [0.2, 0.25) is 0 Å². The minimum Gasteiger partial charge on any atom is -0.339 e. The second-order valence-corrected chi connectivity index (χ2v) is 9.90. The van der Waals surface area contributed by atoms with Gasteiger partial charge in [0.15, 0.2) is 0 Å². The van der Waals surface area contributed by atoms with Crippen LogP contribution in [-0.4, -0.2) is 35.7 Å². The van der Waals surface area contributed by atoms with Gasteiger partial charge in [-0.25, -0.2) is 0 Å². The second kappa shape index (κ2) is 11.3. The quantitative estimate of drug-likeness (QED) is 0.527. The van der Waals surface area contributed by atoms with E-state index in [1.165, 1.54) is 36.1 Å². The van der Waals surface area contributed by atoms with E-state index in [4.69, 9.17) is 0 Å². The van der Waals surface area contributed by atoms with Crippen molar-refractivity contribution >= 4 is 35.1 Å². The highest BCUT2D eigenvalue weighted by Crippen LogP contribution is 2.28. The lowest BCUT2D eigenvalue weighted by Gasteiger charge is -2.30. The number of carbonyl (C=O) groups is 3. The number of piperidine rings is 1. The highest BCUT2D eigenvalue weighted by atomic mass is 32.1. The Morgan fingerprint density at radius 3 is 2.42 bits per heavy atom. The number of nitrogens with one attached hydrogen (secondary N) is 2. The number of hydrazine groups is 1. The number of aryl methyl sites for hydroxylation is 2. The minimum atomic E-state index is -0.251. The summed E-state index contributed by atoms with van der Waals surface area (Å²) in [4.78, 5) is 41.3. The largest absolute Gasteiger partial charge is 0.339 e. The van der Waals surface area contributed by atoms with Crippen LogP contribution in [0.1, 0.15) is 64.2 Å². The molecule has 0 radical (unpaired) electrons. The average molecular weight is 466 g/mol. The summed E-state index contributed by atoms with van der Waals surface area (Å²) in [5.41, 5.74) is 7.45. The van der Waals surface area contributed by atoms with Gasteiger partial charge in [0.05, 0.1) is 4.88 Å². The summed E-state index contributed by atoms with van der Waals surface area (Å²) < 4.78 is 0. The molecule has 3 amide bonds. The van der Waals surface area contributed by atoms with E-state index in [2.05, 4.69) is 10.9 Å². The molecule has 1 aromatic carbocycles. The molecular weight excluding hydrogens is 434 g/mol. The number of likely N-dealkylation sites (tertiary alicyclic amines) is 1. The van der Waals surface area contributed by atoms with Crippen LogP contribution in [0.5, 0.6) is 0 Å². The molecule has 0 atom stereocenters. The number of thiophene rings is 1. The van der Waals surface area contributed by atoms with E-state index >= 15 is 0 Å². The van der Waals surface area contributed by atoms with Crippen LogP contribution in [0, 0.1) is 5.92 Å². The Morgan fingerprint density at radius 2 is 1.67 bits per heavy atom. The highest BCUT2D eigenvalue weighted by Gasteiger charge is 2.27. The molecule has 6 nitrogen and oxygen atoms in total. The minimum absolute atomic E-state index is 0.0423. The fourth-order valence-corrected chi connectivity index (χ4v) is 5.59. The number of carbonyl (C=O) groups excluding carboxylic acids is 3. The van der Waals surface area contributed by atoms with E-state index in [1.807, 2.05) is 42.5 Å². The Kier molecular flexibility index (Phi) is 7.94. The SMILES string of the molecule is O=C(NNC(=O)C1CCN(C(=O)/C=C/c2ccccc2)CC1)c1cc2c(s1)CCCCCC2. The van der Waals surface area contributed by atoms with Crippen LogP contribution < -0.4 is 10.9 Å². The van der Waals surface area contributed by atoms with Crippen LogP contribution in [-0.2, 0) is 22.4 Å². The number of amides is 3. The zero-order chi connectivity index (χ0) is 23.0. The van der Waals surface area contributed by atoms with E-state index in [1.54, 1.807) is 22.3 Å². The Balaban J connectivity index is 1.22. The number of nitrogens with zero attached hydrogens (tertiary/aromatic N) is 1. The summed E-state index contributed by atoms with van der Waals surface area (Å²) >= 11 is 1.55. The Hall–Kier alpha value is -2.93. The maximum Gasteiger partial charge on any atom is 0.279 e. The van der Waals surface area contributed by atoms with Crippen LogP contribution in [0.4, 0.5) is 0 Å². The van der Waals surface area contributed by atoms with Crippen molar-refractivity contribution < 1.29 is 14.4 Å². The predicted octanol–water partition coefficient (Wildman–Crippen LogP) is 4.12. The summed E-state index contributed by atoms with van der Waals surface area (Å²) in [6.07, 6.45) is 11.5. The molecule has 0 spiro atoms. The monoisotopic (exact) mass is 465 g/mol. The van der Waals surface area contributed by atoms with Gasteiger partial charge in [0.2, 0.25) is 11.8 Å². The molecule has 1 aliphatic carbocycles. The number of benzene rings is 1. The molecule has 1 fully saturated rings. The van der Waals surface area contributed by atoms with Crippen molar-refractivity contribution in [2.45, 2.75) is 51.4 Å². The van der Waals surface area contributed by atoms with Gasteiger partial charge in [0.1, 0.15) is 0 Å². The van der Waals surface area contributed by atoms with Crippen molar-refractivity contribution in [1.29, 1.82) is 0 Å². The molecule has 1 saturated heterocycles. The number of hydrogen-bond acceptors (Lipinski definition) is 4. The molecule has 33 heavy (non-hydrogen) atoms. The van der Waals surface area contributed by atoms with Gasteiger partial charge in [-0.05, 0) is 61.8 Å². The van der Waals surface area contributed by atoms with E-state index in [0.717, 1.165) is 18.4 Å². The average Bonchev–Trinajstić information content (AvgIpc) is 3.23. The van der Waals surface area contributed by atoms with E-state index < -0.39 is 0 Å².